The average Bonchev–Trinajstić information content (AvgIpc) is 2.61. The number of fused-ring (bicyclic) bond motifs is 1. The molecule has 3 rings (SSSR count). The molecule has 0 fully saturated rings. The van der Waals surface area contributed by atoms with Crippen molar-refractivity contribution in [2.24, 2.45) is 0 Å². The minimum Gasteiger partial charge on any atom is -0.497 e. The number of hydrogen-bond donors (Lipinski definition) is 1. The summed E-state index contributed by atoms with van der Waals surface area (Å²) in [6, 6.07) is 13.8. The van der Waals surface area contributed by atoms with Gasteiger partial charge in [0.05, 0.1) is 13.2 Å². The highest BCUT2D eigenvalue weighted by atomic mass is 16.5. The molecule has 3 nitrogen and oxygen atoms in total. The summed E-state index contributed by atoms with van der Waals surface area (Å²) in [4.78, 5) is 12.4. The molecule has 1 amide bonds. The van der Waals surface area contributed by atoms with Gasteiger partial charge >= 0.3 is 0 Å². The van der Waals surface area contributed by atoms with E-state index in [2.05, 4.69) is 23.5 Å². The Morgan fingerprint density at radius 1 is 1.04 bits per heavy atom. The fourth-order valence-corrected chi connectivity index (χ4v) is 3.13. The molecule has 1 N–H and O–H groups in total. The van der Waals surface area contributed by atoms with Gasteiger partial charge in [0, 0.05) is 5.56 Å². The number of amides is 1. The van der Waals surface area contributed by atoms with Crippen molar-refractivity contribution in [1.82, 2.24) is 5.32 Å². The molecular weight excluding hydrogens is 286 g/mol. The van der Waals surface area contributed by atoms with Crippen molar-refractivity contribution in [3.63, 3.8) is 0 Å². The van der Waals surface area contributed by atoms with E-state index < -0.39 is 0 Å². The van der Waals surface area contributed by atoms with E-state index in [1.807, 2.05) is 6.92 Å². The normalized spacial score (nSPS) is 14.7. The summed E-state index contributed by atoms with van der Waals surface area (Å²) in [6.07, 6.45) is 4.89. The molecule has 1 atom stereocenters. The Bertz CT molecular complexity index is 691. The molecule has 2 aromatic carbocycles. The highest BCUT2D eigenvalue weighted by Gasteiger charge is 2.15. The number of hydrogen-bond acceptors (Lipinski definition) is 2. The van der Waals surface area contributed by atoms with E-state index in [1.54, 1.807) is 31.4 Å². The van der Waals surface area contributed by atoms with Crippen LogP contribution in [0, 0.1) is 0 Å². The maximum absolute atomic E-state index is 12.4. The van der Waals surface area contributed by atoms with Crippen LogP contribution in [0.4, 0.5) is 0 Å². The van der Waals surface area contributed by atoms with Crippen LogP contribution in [0.5, 0.6) is 5.75 Å². The van der Waals surface area contributed by atoms with Crippen molar-refractivity contribution in [2.45, 2.75) is 38.6 Å². The summed E-state index contributed by atoms with van der Waals surface area (Å²) in [7, 11) is 1.62. The maximum atomic E-state index is 12.4. The van der Waals surface area contributed by atoms with E-state index in [1.165, 1.54) is 36.0 Å². The predicted molar refractivity (Wildman–Crippen MR) is 92.0 cm³/mol. The number of ether oxygens (including phenoxy) is 1. The molecular formula is C20H23NO2. The maximum Gasteiger partial charge on any atom is 0.251 e. The molecule has 1 aliphatic rings. The quantitative estimate of drug-likeness (QED) is 0.924. The van der Waals surface area contributed by atoms with Crippen molar-refractivity contribution in [3.05, 3.63) is 64.7 Å². The third kappa shape index (κ3) is 3.55. The van der Waals surface area contributed by atoms with Gasteiger partial charge in [-0.25, -0.2) is 0 Å². The second-order valence-electron chi connectivity index (χ2n) is 6.16. The number of methoxy groups -OCH3 is 1. The second-order valence-corrected chi connectivity index (χ2v) is 6.16. The number of aryl methyl sites for hydroxylation is 2. The predicted octanol–water partition coefficient (Wildman–Crippen LogP) is 4.07. The fraction of sp³-hybridized carbons (Fsp3) is 0.350. The average molecular weight is 309 g/mol. The highest BCUT2D eigenvalue weighted by Crippen LogP contribution is 2.25. The highest BCUT2D eigenvalue weighted by molar-refractivity contribution is 5.94. The van der Waals surface area contributed by atoms with E-state index in [-0.39, 0.29) is 11.9 Å². The van der Waals surface area contributed by atoms with Crippen LogP contribution in [0.3, 0.4) is 0 Å². The summed E-state index contributed by atoms with van der Waals surface area (Å²) in [6.45, 7) is 2.03. The Labute approximate surface area is 137 Å². The minimum atomic E-state index is -0.0575. The molecule has 0 radical (unpaired) electrons. The van der Waals surface area contributed by atoms with Gasteiger partial charge < -0.3 is 10.1 Å². The van der Waals surface area contributed by atoms with Gasteiger partial charge in [-0.05, 0) is 73.6 Å². The topological polar surface area (TPSA) is 38.3 Å². The molecule has 1 aliphatic carbocycles. The molecule has 0 saturated heterocycles. The molecule has 0 aromatic heterocycles. The summed E-state index contributed by atoms with van der Waals surface area (Å²) < 4.78 is 5.12. The van der Waals surface area contributed by atoms with Gasteiger partial charge in [0.15, 0.2) is 0 Å². The van der Waals surface area contributed by atoms with Crippen LogP contribution in [0.2, 0.25) is 0 Å². The Kier molecular flexibility index (Phi) is 4.65. The van der Waals surface area contributed by atoms with Crippen LogP contribution < -0.4 is 10.1 Å². The van der Waals surface area contributed by atoms with Gasteiger partial charge in [-0.15, -0.1) is 0 Å². The van der Waals surface area contributed by atoms with Crippen molar-refractivity contribution in [2.75, 3.05) is 7.11 Å². The third-order valence-corrected chi connectivity index (χ3v) is 4.57. The van der Waals surface area contributed by atoms with Crippen LogP contribution in [0.15, 0.2) is 42.5 Å². The smallest absolute Gasteiger partial charge is 0.251 e. The van der Waals surface area contributed by atoms with Crippen molar-refractivity contribution in [3.8, 4) is 5.75 Å². The lowest BCUT2D eigenvalue weighted by molar-refractivity contribution is 0.0940. The van der Waals surface area contributed by atoms with E-state index >= 15 is 0 Å². The fourth-order valence-electron chi connectivity index (χ4n) is 3.13. The summed E-state index contributed by atoms with van der Waals surface area (Å²) in [5.41, 5.74) is 4.73. The zero-order valence-electron chi connectivity index (χ0n) is 13.8. The van der Waals surface area contributed by atoms with Crippen LogP contribution in [-0.4, -0.2) is 13.0 Å². The third-order valence-electron chi connectivity index (χ3n) is 4.57. The van der Waals surface area contributed by atoms with E-state index in [0.29, 0.717) is 5.56 Å². The Morgan fingerprint density at radius 3 is 2.43 bits per heavy atom. The number of nitrogens with one attached hydrogen (secondary N) is 1. The van der Waals surface area contributed by atoms with Gasteiger partial charge in [0.2, 0.25) is 0 Å². The summed E-state index contributed by atoms with van der Waals surface area (Å²) in [5, 5.41) is 3.08. The van der Waals surface area contributed by atoms with Gasteiger partial charge in [-0.3, -0.25) is 4.79 Å². The van der Waals surface area contributed by atoms with E-state index in [0.717, 1.165) is 12.2 Å². The Balaban J connectivity index is 1.70. The number of carbonyl (C=O) groups is 1. The van der Waals surface area contributed by atoms with Gasteiger partial charge in [-0.2, -0.15) is 0 Å². The second kappa shape index (κ2) is 6.86. The Morgan fingerprint density at radius 2 is 1.74 bits per heavy atom. The monoisotopic (exact) mass is 309 g/mol. The van der Waals surface area contributed by atoms with Gasteiger partial charge in [0.25, 0.3) is 5.91 Å². The van der Waals surface area contributed by atoms with Crippen molar-refractivity contribution < 1.29 is 9.53 Å². The van der Waals surface area contributed by atoms with Gasteiger partial charge in [0.1, 0.15) is 5.75 Å². The van der Waals surface area contributed by atoms with Crippen molar-refractivity contribution >= 4 is 5.91 Å². The van der Waals surface area contributed by atoms with E-state index in [4.69, 9.17) is 4.74 Å². The molecule has 0 aliphatic heterocycles. The molecule has 3 heteroatoms. The first-order chi connectivity index (χ1) is 11.2. The molecule has 23 heavy (non-hydrogen) atoms. The van der Waals surface area contributed by atoms with Gasteiger partial charge in [-0.1, -0.05) is 18.2 Å². The zero-order valence-corrected chi connectivity index (χ0v) is 13.8. The first kappa shape index (κ1) is 15.6. The SMILES string of the molecule is COc1ccc(C(=O)N[C@@H](C)c2ccc3c(c2)CCCC3)cc1. The largest absolute Gasteiger partial charge is 0.497 e. The Hall–Kier alpha value is -2.29. The molecule has 0 saturated carbocycles. The minimum absolute atomic E-state index is 0.00294. The molecule has 120 valence electrons. The molecule has 2 aromatic rings. The van der Waals surface area contributed by atoms with Crippen LogP contribution in [0.25, 0.3) is 0 Å². The number of carbonyl (C=O) groups excluding carboxylic acids is 1. The first-order valence-electron chi connectivity index (χ1n) is 8.24. The lowest BCUT2D eigenvalue weighted by Gasteiger charge is -2.20. The lowest BCUT2D eigenvalue weighted by Crippen LogP contribution is -2.26. The van der Waals surface area contributed by atoms with Crippen molar-refractivity contribution in [1.29, 1.82) is 0 Å². The lowest BCUT2D eigenvalue weighted by atomic mass is 9.89. The molecule has 0 spiro atoms. The first-order valence-corrected chi connectivity index (χ1v) is 8.24. The van der Waals surface area contributed by atoms with Crippen LogP contribution in [0.1, 0.15) is 52.9 Å². The standard InChI is InChI=1S/C20H23NO2/c1-14(17-8-7-15-5-3-4-6-18(15)13-17)21-20(22)16-9-11-19(23-2)12-10-16/h7-14H,3-6H2,1-2H3,(H,21,22)/t14-/m0/s1. The molecule has 0 bridgehead atoms. The van der Waals surface area contributed by atoms with E-state index in [9.17, 15) is 4.79 Å². The summed E-state index contributed by atoms with van der Waals surface area (Å²) in [5.74, 6) is 0.696. The molecule has 0 unspecified atom stereocenters. The number of rotatable bonds is 4. The number of benzene rings is 2. The molecule has 0 heterocycles. The van der Waals surface area contributed by atoms with Crippen LogP contribution >= 0.6 is 0 Å². The zero-order chi connectivity index (χ0) is 16.2. The summed E-state index contributed by atoms with van der Waals surface area (Å²) >= 11 is 0. The van der Waals surface area contributed by atoms with Crippen LogP contribution in [-0.2, 0) is 12.8 Å².